The summed E-state index contributed by atoms with van der Waals surface area (Å²) in [6.45, 7) is 7.26. The monoisotopic (exact) mass is 504 g/mol. The van der Waals surface area contributed by atoms with Crippen LogP contribution in [-0.2, 0) is 17.4 Å². The van der Waals surface area contributed by atoms with Crippen LogP contribution in [0.5, 0.6) is 0 Å². The summed E-state index contributed by atoms with van der Waals surface area (Å²) in [6, 6.07) is 21.6. The lowest BCUT2D eigenvalue weighted by molar-refractivity contribution is 0.198. The molecule has 0 aliphatic carbocycles. The van der Waals surface area contributed by atoms with E-state index in [1.54, 1.807) is 0 Å². The molecule has 1 aliphatic rings. The van der Waals surface area contributed by atoms with Crippen LogP contribution in [0, 0.1) is 0 Å². The molecule has 1 fully saturated rings. The van der Waals surface area contributed by atoms with E-state index in [4.69, 9.17) is 9.51 Å². The van der Waals surface area contributed by atoms with Gasteiger partial charge in [0.1, 0.15) is 11.5 Å². The summed E-state index contributed by atoms with van der Waals surface area (Å²) in [5.41, 5.74) is 4.30. The molecule has 2 aromatic heterocycles. The topological polar surface area (TPSA) is 91.5 Å². The Morgan fingerprint density at radius 2 is 1.89 bits per heavy atom. The standard InChI is InChI=1S/C28H32N4O3S/c1-28(2,3)36(34)31-24(17-19-9-8-14-26(29-19)32-16-15-20(33)18-32)21-10-4-5-11-22(21)27-23-12-6-7-13-25(23)35-30-27/h4-14,20,24,31,33H,15-18H2,1-3H3/t20-,24-,36-/m0/s1. The number of pyridine rings is 1. The van der Waals surface area contributed by atoms with E-state index in [9.17, 15) is 9.32 Å². The fourth-order valence-electron chi connectivity index (χ4n) is 4.53. The highest BCUT2D eigenvalue weighted by Gasteiger charge is 2.27. The maximum atomic E-state index is 13.3. The molecule has 0 bridgehead atoms. The number of aliphatic hydroxyl groups excluding tert-OH is 1. The van der Waals surface area contributed by atoms with E-state index in [1.807, 2.05) is 81.4 Å². The highest BCUT2D eigenvalue weighted by Crippen LogP contribution is 2.34. The number of nitrogens with zero attached hydrogens (tertiary/aromatic N) is 3. The van der Waals surface area contributed by atoms with Crippen LogP contribution in [0.1, 0.15) is 44.5 Å². The lowest BCUT2D eigenvalue weighted by Crippen LogP contribution is -2.37. The molecule has 0 amide bonds. The maximum absolute atomic E-state index is 13.3. The van der Waals surface area contributed by atoms with Crippen LogP contribution in [-0.4, -0.2) is 43.4 Å². The van der Waals surface area contributed by atoms with Crippen molar-refractivity contribution in [2.45, 2.75) is 50.5 Å². The zero-order valence-electron chi connectivity index (χ0n) is 20.8. The van der Waals surface area contributed by atoms with Crippen molar-refractivity contribution in [1.82, 2.24) is 14.9 Å². The van der Waals surface area contributed by atoms with Gasteiger partial charge in [0.25, 0.3) is 0 Å². The van der Waals surface area contributed by atoms with Crippen molar-refractivity contribution in [3.8, 4) is 11.3 Å². The molecule has 4 aromatic rings. The summed E-state index contributed by atoms with van der Waals surface area (Å²) in [4.78, 5) is 7.02. The lowest BCUT2D eigenvalue weighted by atomic mass is 9.94. The summed E-state index contributed by atoms with van der Waals surface area (Å²) in [5.74, 6) is 0.857. The van der Waals surface area contributed by atoms with Crippen LogP contribution >= 0.6 is 0 Å². The second-order valence-electron chi connectivity index (χ2n) is 10.2. The van der Waals surface area contributed by atoms with E-state index in [1.165, 1.54) is 0 Å². The smallest absolute Gasteiger partial charge is 0.167 e. The Balaban J connectivity index is 1.53. The normalized spacial score (nSPS) is 18.0. The van der Waals surface area contributed by atoms with Gasteiger partial charge in [0, 0.05) is 36.2 Å². The molecule has 2 aromatic carbocycles. The molecule has 0 unspecified atom stereocenters. The van der Waals surface area contributed by atoms with Gasteiger partial charge >= 0.3 is 0 Å². The van der Waals surface area contributed by atoms with Gasteiger partial charge in [-0.3, -0.25) is 0 Å². The van der Waals surface area contributed by atoms with Gasteiger partial charge < -0.3 is 14.5 Å². The van der Waals surface area contributed by atoms with Crippen LogP contribution in [0.4, 0.5) is 5.82 Å². The Hall–Kier alpha value is -3.07. The van der Waals surface area contributed by atoms with E-state index >= 15 is 0 Å². The van der Waals surface area contributed by atoms with Gasteiger partial charge in [0.05, 0.1) is 27.9 Å². The molecule has 2 N–H and O–H groups in total. The highest BCUT2D eigenvalue weighted by molar-refractivity contribution is 7.84. The minimum atomic E-state index is -1.30. The van der Waals surface area contributed by atoms with Crippen molar-refractivity contribution in [3.63, 3.8) is 0 Å². The first-order valence-electron chi connectivity index (χ1n) is 12.3. The Morgan fingerprint density at radius 3 is 2.67 bits per heavy atom. The number of aromatic nitrogens is 2. The summed E-state index contributed by atoms with van der Waals surface area (Å²) < 4.78 is 21.8. The van der Waals surface area contributed by atoms with Crippen LogP contribution in [0.25, 0.3) is 22.2 Å². The Morgan fingerprint density at radius 1 is 1.11 bits per heavy atom. The highest BCUT2D eigenvalue weighted by atomic mass is 32.2. The number of hydrogen-bond acceptors (Lipinski definition) is 6. The number of para-hydroxylation sites is 1. The van der Waals surface area contributed by atoms with Crippen molar-refractivity contribution in [2.24, 2.45) is 0 Å². The number of anilines is 1. The molecule has 8 heteroatoms. The van der Waals surface area contributed by atoms with Gasteiger partial charge in [-0.15, -0.1) is 0 Å². The molecule has 1 aliphatic heterocycles. The Bertz CT molecular complexity index is 1380. The molecule has 0 radical (unpaired) electrons. The van der Waals surface area contributed by atoms with Crippen molar-refractivity contribution in [2.75, 3.05) is 18.0 Å². The first kappa shape index (κ1) is 24.6. The molecule has 0 saturated carbocycles. The van der Waals surface area contributed by atoms with Crippen LogP contribution in [0.2, 0.25) is 0 Å². The predicted molar refractivity (Wildman–Crippen MR) is 144 cm³/mol. The maximum Gasteiger partial charge on any atom is 0.167 e. The SMILES string of the molecule is CC(C)(C)[S@](=O)N[C@@H](Cc1cccc(N2CC[C@H](O)C2)n1)c1ccccc1-c1noc2ccccc12. The fraction of sp³-hybridized carbons (Fsp3) is 0.357. The first-order valence-corrected chi connectivity index (χ1v) is 13.5. The molecular formula is C28H32N4O3S. The number of nitrogens with one attached hydrogen (secondary N) is 1. The lowest BCUT2D eigenvalue weighted by Gasteiger charge is -2.26. The third-order valence-corrected chi connectivity index (χ3v) is 8.08. The predicted octanol–water partition coefficient (Wildman–Crippen LogP) is 4.80. The van der Waals surface area contributed by atoms with E-state index < -0.39 is 15.7 Å². The zero-order chi connectivity index (χ0) is 25.3. The number of benzene rings is 2. The molecule has 3 heterocycles. The van der Waals surface area contributed by atoms with Gasteiger partial charge in [-0.25, -0.2) is 13.9 Å². The largest absolute Gasteiger partial charge is 0.391 e. The zero-order valence-corrected chi connectivity index (χ0v) is 21.7. The minimum Gasteiger partial charge on any atom is -0.391 e. The molecule has 7 nitrogen and oxygen atoms in total. The third kappa shape index (κ3) is 5.21. The molecule has 188 valence electrons. The molecule has 1 saturated heterocycles. The first-order chi connectivity index (χ1) is 17.3. The van der Waals surface area contributed by atoms with Gasteiger partial charge in [-0.2, -0.15) is 0 Å². The molecular weight excluding hydrogens is 472 g/mol. The van der Waals surface area contributed by atoms with Crippen LogP contribution < -0.4 is 9.62 Å². The summed E-state index contributed by atoms with van der Waals surface area (Å²) in [6.07, 6.45) is 0.974. The average molecular weight is 505 g/mol. The van der Waals surface area contributed by atoms with Gasteiger partial charge in [0.15, 0.2) is 5.58 Å². The van der Waals surface area contributed by atoms with E-state index in [0.717, 1.165) is 52.3 Å². The second kappa shape index (κ2) is 10.1. The summed E-state index contributed by atoms with van der Waals surface area (Å²) in [5, 5.41) is 15.3. The van der Waals surface area contributed by atoms with E-state index in [0.29, 0.717) is 13.0 Å². The van der Waals surface area contributed by atoms with Gasteiger partial charge in [-0.1, -0.05) is 47.6 Å². The van der Waals surface area contributed by atoms with Gasteiger partial charge in [0.2, 0.25) is 0 Å². The van der Waals surface area contributed by atoms with Crippen molar-refractivity contribution in [1.29, 1.82) is 0 Å². The quantitative estimate of drug-likeness (QED) is 0.376. The van der Waals surface area contributed by atoms with Crippen LogP contribution in [0.3, 0.4) is 0 Å². The Kier molecular flexibility index (Phi) is 6.92. The molecule has 5 rings (SSSR count). The summed E-state index contributed by atoms with van der Waals surface area (Å²) in [7, 11) is -1.30. The number of rotatable bonds is 7. The number of β-amino-alcohol motifs (C(OH)–C–C–N with tert-alkyl or cyclic N) is 1. The molecule has 36 heavy (non-hydrogen) atoms. The fourth-order valence-corrected chi connectivity index (χ4v) is 5.36. The van der Waals surface area contributed by atoms with Crippen molar-refractivity contribution in [3.05, 3.63) is 78.0 Å². The minimum absolute atomic E-state index is 0.274. The van der Waals surface area contributed by atoms with Crippen molar-refractivity contribution >= 4 is 27.8 Å². The number of fused-ring (bicyclic) bond motifs is 1. The second-order valence-corrected chi connectivity index (χ2v) is 12.2. The number of hydrogen-bond donors (Lipinski definition) is 2. The third-order valence-electron chi connectivity index (χ3n) is 6.47. The Labute approximate surface area is 214 Å². The van der Waals surface area contributed by atoms with E-state index in [-0.39, 0.29) is 12.1 Å². The van der Waals surface area contributed by atoms with Crippen molar-refractivity contribution < 1.29 is 13.8 Å². The number of aliphatic hydroxyl groups is 1. The van der Waals surface area contributed by atoms with Crippen LogP contribution in [0.15, 0.2) is 71.3 Å². The van der Waals surface area contributed by atoms with E-state index in [2.05, 4.69) is 20.8 Å². The summed E-state index contributed by atoms with van der Waals surface area (Å²) >= 11 is 0. The molecule has 3 atom stereocenters. The van der Waals surface area contributed by atoms with Gasteiger partial charge in [-0.05, 0) is 57.0 Å². The molecule has 0 spiro atoms. The average Bonchev–Trinajstić information content (AvgIpc) is 3.49.